The number of hydrogen-bond acceptors (Lipinski definition) is 4. The summed E-state index contributed by atoms with van der Waals surface area (Å²) in [6.07, 6.45) is -9.16. The van der Waals surface area contributed by atoms with Crippen molar-refractivity contribution in [2.24, 2.45) is 0 Å². The van der Waals surface area contributed by atoms with Gasteiger partial charge in [0.05, 0.1) is 29.5 Å². The molecule has 2 N–H and O–H groups in total. The topological polar surface area (TPSA) is 89.5 Å². The molecule has 3 aromatic rings. The van der Waals surface area contributed by atoms with Crippen molar-refractivity contribution < 1.29 is 41.0 Å². The molecule has 2 atom stereocenters. The van der Waals surface area contributed by atoms with E-state index in [0.29, 0.717) is 12.0 Å². The van der Waals surface area contributed by atoms with Crippen molar-refractivity contribution in [2.75, 3.05) is 18.0 Å². The number of anilines is 1. The molecule has 0 spiro atoms. The van der Waals surface area contributed by atoms with Crippen LogP contribution in [0.2, 0.25) is 0 Å². The molecule has 0 bridgehead atoms. The number of nitrogens with zero attached hydrogens (tertiary/aromatic N) is 3. The number of hydrogen-bond donors (Lipinski definition) is 2. The zero-order valence-electron chi connectivity index (χ0n) is 21.1. The van der Waals surface area contributed by atoms with Gasteiger partial charge in [0.15, 0.2) is 0 Å². The SMILES string of the molecule is CC(Cc1n[nH]cc1C(F)(F)F)c1cccc(N2Cc3c(cc(C(=O)N4CC[C@H](O)C4)cc3C(F)(F)F)C2=O)c1. The Labute approximate surface area is 224 Å². The number of aliphatic hydroxyl groups is 1. The summed E-state index contributed by atoms with van der Waals surface area (Å²) >= 11 is 0. The fourth-order valence-electron chi connectivity index (χ4n) is 5.23. The molecule has 0 saturated carbocycles. The summed E-state index contributed by atoms with van der Waals surface area (Å²) in [6, 6.07) is 8.21. The smallest absolute Gasteiger partial charge is 0.391 e. The lowest BCUT2D eigenvalue weighted by molar-refractivity contribution is -0.139. The third kappa shape index (κ3) is 5.17. The molecule has 2 aliphatic rings. The number of amides is 2. The van der Waals surface area contributed by atoms with Crippen molar-refractivity contribution in [2.45, 2.75) is 50.7 Å². The number of rotatable bonds is 5. The second-order valence-corrected chi connectivity index (χ2v) is 10.1. The molecule has 0 aliphatic carbocycles. The molecule has 1 saturated heterocycles. The van der Waals surface area contributed by atoms with Crippen LogP contribution in [0.25, 0.3) is 0 Å². The molecule has 2 aliphatic heterocycles. The van der Waals surface area contributed by atoms with Crippen LogP contribution < -0.4 is 4.90 Å². The Bertz CT molecular complexity index is 1470. The van der Waals surface area contributed by atoms with Gasteiger partial charge in [-0.1, -0.05) is 19.1 Å². The number of likely N-dealkylation sites (tertiary alicyclic amines) is 1. The van der Waals surface area contributed by atoms with Crippen LogP contribution >= 0.6 is 0 Å². The standard InChI is InChI=1S/C27H24F6N4O3/c1-14(7-23-22(11-34-35-23)27(31,32)33)15-3-2-4-17(8-15)37-13-20-19(25(37)40)9-16(10-21(20)26(28,29)30)24(39)36-6-5-18(38)12-36/h2-4,8-11,14,18,38H,5-7,12-13H2,1H3,(H,34,35)/t14?,18-/m0/s1. The van der Waals surface area contributed by atoms with Crippen LogP contribution in [0.15, 0.2) is 42.6 Å². The second-order valence-electron chi connectivity index (χ2n) is 10.1. The third-order valence-corrected chi connectivity index (χ3v) is 7.32. The lowest BCUT2D eigenvalue weighted by Crippen LogP contribution is -2.30. The van der Waals surface area contributed by atoms with E-state index >= 15 is 0 Å². The first kappa shape index (κ1) is 27.7. The van der Waals surface area contributed by atoms with Crippen molar-refractivity contribution in [1.82, 2.24) is 15.1 Å². The van der Waals surface area contributed by atoms with Crippen LogP contribution in [-0.4, -0.2) is 51.2 Å². The summed E-state index contributed by atoms with van der Waals surface area (Å²) in [6.45, 7) is 1.47. The molecule has 3 heterocycles. The third-order valence-electron chi connectivity index (χ3n) is 7.32. The number of benzene rings is 2. The Morgan fingerprint density at radius 3 is 2.50 bits per heavy atom. The van der Waals surface area contributed by atoms with Crippen LogP contribution in [0, 0.1) is 0 Å². The molecule has 212 valence electrons. The number of nitrogens with one attached hydrogen (secondary N) is 1. The number of halogens is 6. The summed E-state index contributed by atoms with van der Waals surface area (Å²) in [5.41, 5.74) is -2.11. The van der Waals surface area contributed by atoms with Gasteiger partial charge in [0.2, 0.25) is 0 Å². The highest BCUT2D eigenvalue weighted by Crippen LogP contribution is 2.40. The first-order valence-electron chi connectivity index (χ1n) is 12.5. The summed E-state index contributed by atoms with van der Waals surface area (Å²) in [4.78, 5) is 28.7. The summed E-state index contributed by atoms with van der Waals surface area (Å²) in [5, 5.41) is 15.7. The minimum Gasteiger partial charge on any atom is -0.391 e. The van der Waals surface area contributed by atoms with E-state index in [1.54, 1.807) is 25.1 Å². The van der Waals surface area contributed by atoms with Gasteiger partial charge >= 0.3 is 12.4 Å². The van der Waals surface area contributed by atoms with Crippen molar-refractivity contribution in [3.8, 4) is 0 Å². The number of aromatic nitrogens is 2. The maximum atomic E-state index is 14.1. The monoisotopic (exact) mass is 566 g/mol. The maximum Gasteiger partial charge on any atom is 0.419 e. The molecule has 2 amide bonds. The van der Waals surface area contributed by atoms with Gasteiger partial charge < -0.3 is 14.9 Å². The van der Waals surface area contributed by atoms with Crippen LogP contribution in [0.5, 0.6) is 0 Å². The van der Waals surface area contributed by atoms with Crippen LogP contribution in [-0.2, 0) is 25.3 Å². The fraction of sp³-hybridized carbons (Fsp3) is 0.370. The van der Waals surface area contributed by atoms with E-state index in [2.05, 4.69) is 10.2 Å². The molecule has 13 heteroatoms. The van der Waals surface area contributed by atoms with Crippen LogP contribution in [0.3, 0.4) is 0 Å². The molecular weight excluding hydrogens is 542 g/mol. The van der Waals surface area contributed by atoms with Crippen molar-refractivity contribution >= 4 is 17.5 Å². The number of carbonyl (C=O) groups excluding carboxylic acids is 2. The Hall–Kier alpha value is -3.87. The molecule has 1 aromatic heterocycles. The molecule has 5 rings (SSSR count). The van der Waals surface area contributed by atoms with E-state index in [0.717, 1.165) is 23.2 Å². The molecule has 40 heavy (non-hydrogen) atoms. The van der Waals surface area contributed by atoms with Gasteiger partial charge in [-0.3, -0.25) is 14.7 Å². The molecule has 2 aromatic carbocycles. The average molecular weight is 567 g/mol. The first-order chi connectivity index (χ1) is 18.7. The Balaban J connectivity index is 1.44. The van der Waals surface area contributed by atoms with Gasteiger partial charge in [-0.15, -0.1) is 0 Å². The van der Waals surface area contributed by atoms with Crippen molar-refractivity contribution in [3.63, 3.8) is 0 Å². The van der Waals surface area contributed by atoms with E-state index in [4.69, 9.17) is 0 Å². The van der Waals surface area contributed by atoms with Crippen LogP contribution in [0.4, 0.5) is 32.0 Å². The average Bonchev–Trinajstić information content (AvgIpc) is 3.61. The van der Waals surface area contributed by atoms with Gasteiger partial charge in [-0.2, -0.15) is 31.4 Å². The quantitative estimate of drug-likeness (QED) is 0.418. The minimum atomic E-state index is -4.84. The lowest BCUT2D eigenvalue weighted by Gasteiger charge is -2.19. The van der Waals surface area contributed by atoms with Crippen molar-refractivity contribution in [1.29, 1.82) is 0 Å². The molecule has 7 nitrogen and oxygen atoms in total. The zero-order valence-corrected chi connectivity index (χ0v) is 21.1. The highest BCUT2D eigenvalue weighted by atomic mass is 19.4. The predicted molar refractivity (Wildman–Crippen MR) is 131 cm³/mol. The highest BCUT2D eigenvalue weighted by molar-refractivity contribution is 6.11. The second kappa shape index (κ2) is 9.95. The number of aliphatic hydroxyl groups excluding tert-OH is 1. The van der Waals surface area contributed by atoms with E-state index < -0.39 is 53.9 Å². The Kier molecular flexibility index (Phi) is 6.89. The number of alkyl halides is 6. The van der Waals surface area contributed by atoms with E-state index in [-0.39, 0.29) is 47.6 Å². The number of fused-ring (bicyclic) bond motifs is 1. The van der Waals surface area contributed by atoms with E-state index in [1.165, 1.54) is 11.0 Å². The zero-order chi connectivity index (χ0) is 29.0. The number of β-amino-alcohol motifs (C(OH)–C–C–N with tert-alkyl or cyclic N) is 1. The molecule has 0 radical (unpaired) electrons. The van der Waals surface area contributed by atoms with Crippen molar-refractivity contribution in [3.05, 3.63) is 81.7 Å². The molecular formula is C27H24F6N4O3. The molecule has 1 fully saturated rings. The van der Waals surface area contributed by atoms with Gasteiger partial charge in [-0.05, 0) is 54.2 Å². The first-order valence-corrected chi connectivity index (χ1v) is 12.5. The summed E-state index contributed by atoms with van der Waals surface area (Å²) in [7, 11) is 0. The number of carbonyl (C=O) groups is 2. The van der Waals surface area contributed by atoms with E-state index in [9.17, 15) is 41.0 Å². The maximum absolute atomic E-state index is 14.1. The summed E-state index contributed by atoms with van der Waals surface area (Å²) < 4.78 is 82.0. The van der Waals surface area contributed by atoms with Gasteiger partial charge in [0.25, 0.3) is 11.8 Å². The normalized spacial score (nSPS) is 18.4. The summed E-state index contributed by atoms with van der Waals surface area (Å²) in [5.74, 6) is -1.90. The largest absolute Gasteiger partial charge is 0.419 e. The molecule has 1 unspecified atom stereocenters. The van der Waals surface area contributed by atoms with Crippen LogP contribution in [0.1, 0.15) is 67.9 Å². The fourth-order valence-corrected chi connectivity index (χ4v) is 5.23. The predicted octanol–water partition coefficient (Wildman–Crippen LogP) is 5.16. The van der Waals surface area contributed by atoms with E-state index in [1.807, 2.05) is 0 Å². The van der Waals surface area contributed by atoms with Gasteiger partial charge in [0, 0.05) is 36.1 Å². The Morgan fingerprint density at radius 2 is 1.85 bits per heavy atom. The number of H-pyrrole nitrogens is 1. The number of aromatic amines is 1. The van der Waals surface area contributed by atoms with Gasteiger partial charge in [0.1, 0.15) is 0 Å². The lowest BCUT2D eigenvalue weighted by atomic mass is 9.94. The van der Waals surface area contributed by atoms with Gasteiger partial charge in [-0.25, -0.2) is 0 Å². The highest BCUT2D eigenvalue weighted by Gasteiger charge is 2.42. The minimum absolute atomic E-state index is 0.00887. The Morgan fingerprint density at radius 1 is 1.12 bits per heavy atom.